The van der Waals surface area contributed by atoms with Gasteiger partial charge in [-0.2, -0.15) is 0 Å². The van der Waals surface area contributed by atoms with E-state index in [1.165, 1.54) is 32.1 Å². The molecule has 1 amide bonds. The number of nitrogens with two attached hydrogens (primary N) is 2. The molecule has 0 spiro atoms. The lowest BCUT2D eigenvalue weighted by Crippen LogP contribution is -2.32. The van der Waals surface area contributed by atoms with Gasteiger partial charge >= 0.3 is 0 Å². The van der Waals surface area contributed by atoms with Crippen LogP contribution in [0.3, 0.4) is 0 Å². The normalized spacial score (nSPS) is 21.3. The molecule has 0 aromatic rings. The van der Waals surface area contributed by atoms with Crippen LogP contribution in [0.1, 0.15) is 44.9 Å². The van der Waals surface area contributed by atoms with Crippen molar-refractivity contribution < 1.29 is 4.79 Å². The molecule has 76 valence electrons. The molecule has 13 heavy (non-hydrogen) atoms. The summed E-state index contributed by atoms with van der Waals surface area (Å²) in [7, 11) is 0. The molecule has 0 heterocycles. The molecule has 4 N–H and O–H groups in total. The van der Waals surface area contributed by atoms with E-state index in [1.807, 2.05) is 0 Å². The first-order chi connectivity index (χ1) is 6.20. The number of rotatable bonds is 4. The first kappa shape index (κ1) is 10.5. The van der Waals surface area contributed by atoms with E-state index in [0.29, 0.717) is 12.3 Å². The molecule has 0 aromatic carbocycles. The Labute approximate surface area is 79.9 Å². The monoisotopic (exact) mass is 184 g/mol. The number of hydrogen-bond donors (Lipinski definition) is 2. The van der Waals surface area contributed by atoms with Crippen LogP contribution >= 0.6 is 0 Å². The quantitative estimate of drug-likeness (QED) is 0.688. The minimum absolute atomic E-state index is 0.188. The highest BCUT2D eigenvalue weighted by Gasteiger charge is 2.20. The largest absolute Gasteiger partial charge is 0.370 e. The summed E-state index contributed by atoms with van der Waals surface area (Å²) in [6.07, 6.45) is 7.63. The molecule has 1 atom stereocenters. The predicted octanol–water partition coefficient (Wildman–Crippen LogP) is 1.16. The van der Waals surface area contributed by atoms with Crippen molar-refractivity contribution in [3.63, 3.8) is 0 Å². The van der Waals surface area contributed by atoms with Gasteiger partial charge in [0.15, 0.2) is 0 Å². The first-order valence-corrected chi connectivity index (χ1v) is 5.24. The number of hydrogen-bond acceptors (Lipinski definition) is 2. The van der Waals surface area contributed by atoms with Crippen molar-refractivity contribution in [2.75, 3.05) is 0 Å². The fraction of sp³-hybridized carbons (Fsp3) is 0.900. The van der Waals surface area contributed by atoms with Gasteiger partial charge in [-0.25, -0.2) is 0 Å². The maximum atomic E-state index is 10.6. The van der Waals surface area contributed by atoms with Crippen molar-refractivity contribution >= 4 is 5.91 Å². The molecule has 3 nitrogen and oxygen atoms in total. The van der Waals surface area contributed by atoms with Crippen LogP contribution < -0.4 is 11.5 Å². The summed E-state index contributed by atoms with van der Waals surface area (Å²) in [5.74, 6) is 0.402. The van der Waals surface area contributed by atoms with E-state index >= 15 is 0 Å². The van der Waals surface area contributed by atoms with Crippen LogP contribution in [0.4, 0.5) is 0 Å². The van der Waals surface area contributed by atoms with Crippen molar-refractivity contribution in [1.29, 1.82) is 0 Å². The van der Waals surface area contributed by atoms with Crippen LogP contribution in [0.5, 0.6) is 0 Å². The molecule has 0 radical (unpaired) electrons. The molecule has 1 aliphatic carbocycles. The molecule has 0 saturated heterocycles. The van der Waals surface area contributed by atoms with Crippen LogP contribution in [-0.2, 0) is 4.79 Å². The standard InChI is InChI=1S/C10H20N2O/c11-9(6-7-10(12)13)8-4-2-1-3-5-8/h8-9H,1-7,11H2,(H2,12,13). The Hall–Kier alpha value is -0.570. The number of carbonyl (C=O) groups is 1. The van der Waals surface area contributed by atoms with E-state index in [0.717, 1.165) is 6.42 Å². The van der Waals surface area contributed by atoms with Gasteiger partial charge in [-0.1, -0.05) is 19.3 Å². The van der Waals surface area contributed by atoms with E-state index in [2.05, 4.69) is 0 Å². The smallest absolute Gasteiger partial charge is 0.217 e. The SMILES string of the molecule is NC(=O)CCC(N)C1CCCCC1. The molecular formula is C10H20N2O. The number of carbonyl (C=O) groups excluding carboxylic acids is 1. The van der Waals surface area contributed by atoms with E-state index in [4.69, 9.17) is 11.5 Å². The lowest BCUT2D eigenvalue weighted by atomic mass is 9.83. The summed E-state index contributed by atoms with van der Waals surface area (Å²) >= 11 is 0. The maximum Gasteiger partial charge on any atom is 0.217 e. The fourth-order valence-corrected chi connectivity index (χ4v) is 2.11. The summed E-state index contributed by atoms with van der Waals surface area (Å²) < 4.78 is 0. The van der Waals surface area contributed by atoms with E-state index in [1.54, 1.807) is 0 Å². The van der Waals surface area contributed by atoms with Crippen LogP contribution in [0.2, 0.25) is 0 Å². The van der Waals surface area contributed by atoms with Crippen molar-refractivity contribution in [2.24, 2.45) is 17.4 Å². The molecule has 0 bridgehead atoms. The zero-order valence-electron chi connectivity index (χ0n) is 8.17. The molecule has 0 aliphatic heterocycles. The predicted molar refractivity (Wildman–Crippen MR) is 53.0 cm³/mol. The summed E-state index contributed by atoms with van der Waals surface area (Å²) in [5, 5.41) is 0. The van der Waals surface area contributed by atoms with Gasteiger partial charge in [-0.3, -0.25) is 4.79 Å². The van der Waals surface area contributed by atoms with E-state index in [-0.39, 0.29) is 11.9 Å². The molecule has 1 aliphatic rings. The number of primary amides is 1. The minimum atomic E-state index is -0.230. The Kier molecular flexibility index (Phi) is 4.22. The van der Waals surface area contributed by atoms with Crippen LogP contribution in [0.15, 0.2) is 0 Å². The first-order valence-electron chi connectivity index (χ1n) is 5.24. The molecule has 1 saturated carbocycles. The summed E-state index contributed by atoms with van der Waals surface area (Å²) in [5.41, 5.74) is 11.1. The van der Waals surface area contributed by atoms with Crippen LogP contribution in [0, 0.1) is 5.92 Å². The van der Waals surface area contributed by atoms with Gasteiger partial charge in [0.2, 0.25) is 5.91 Å². The Bertz CT molecular complexity index is 164. The lowest BCUT2D eigenvalue weighted by Gasteiger charge is -2.27. The van der Waals surface area contributed by atoms with Gasteiger partial charge in [0.25, 0.3) is 0 Å². The maximum absolute atomic E-state index is 10.6. The average Bonchev–Trinajstić information content (AvgIpc) is 2.15. The van der Waals surface area contributed by atoms with Gasteiger partial charge in [0, 0.05) is 12.5 Å². The van der Waals surface area contributed by atoms with Crippen LogP contribution in [-0.4, -0.2) is 11.9 Å². The Morgan fingerprint density at radius 3 is 2.46 bits per heavy atom. The van der Waals surface area contributed by atoms with Gasteiger partial charge in [0.1, 0.15) is 0 Å². The Morgan fingerprint density at radius 2 is 1.92 bits per heavy atom. The van der Waals surface area contributed by atoms with Crippen molar-refractivity contribution in [2.45, 2.75) is 51.0 Å². The van der Waals surface area contributed by atoms with Crippen molar-refractivity contribution in [3.05, 3.63) is 0 Å². The lowest BCUT2D eigenvalue weighted by molar-refractivity contribution is -0.118. The molecule has 1 unspecified atom stereocenters. The zero-order chi connectivity index (χ0) is 9.68. The molecular weight excluding hydrogens is 164 g/mol. The third kappa shape index (κ3) is 3.77. The highest BCUT2D eigenvalue weighted by atomic mass is 16.1. The van der Waals surface area contributed by atoms with Gasteiger partial charge in [-0.05, 0) is 25.2 Å². The second-order valence-electron chi connectivity index (χ2n) is 4.07. The van der Waals surface area contributed by atoms with Crippen molar-refractivity contribution in [3.8, 4) is 0 Å². The van der Waals surface area contributed by atoms with E-state index in [9.17, 15) is 4.79 Å². The third-order valence-corrected chi connectivity index (χ3v) is 2.98. The molecule has 1 rings (SSSR count). The minimum Gasteiger partial charge on any atom is -0.370 e. The average molecular weight is 184 g/mol. The zero-order valence-corrected chi connectivity index (χ0v) is 8.17. The summed E-state index contributed by atoms with van der Waals surface area (Å²) in [6.45, 7) is 0. The van der Waals surface area contributed by atoms with E-state index < -0.39 is 0 Å². The Balaban J connectivity index is 2.20. The second kappa shape index (κ2) is 5.22. The van der Waals surface area contributed by atoms with Gasteiger partial charge in [0.05, 0.1) is 0 Å². The molecule has 0 aromatic heterocycles. The highest BCUT2D eigenvalue weighted by Crippen LogP contribution is 2.27. The topological polar surface area (TPSA) is 69.1 Å². The molecule has 3 heteroatoms. The highest BCUT2D eigenvalue weighted by molar-refractivity contribution is 5.73. The van der Waals surface area contributed by atoms with Gasteiger partial charge in [-0.15, -0.1) is 0 Å². The second-order valence-corrected chi connectivity index (χ2v) is 4.07. The molecule has 1 fully saturated rings. The van der Waals surface area contributed by atoms with Crippen molar-refractivity contribution in [1.82, 2.24) is 0 Å². The Morgan fingerprint density at radius 1 is 1.31 bits per heavy atom. The van der Waals surface area contributed by atoms with Crippen LogP contribution in [0.25, 0.3) is 0 Å². The number of amides is 1. The summed E-state index contributed by atoms with van der Waals surface area (Å²) in [4.78, 5) is 10.6. The van der Waals surface area contributed by atoms with Gasteiger partial charge < -0.3 is 11.5 Å². The fourth-order valence-electron chi connectivity index (χ4n) is 2.11. The summed E-state index contributed by atoms with van der Waals surface area (Å²) in [6, 6.07) is 0.188. The third-order valence-electron chi connectivity index (χ3n) is 2.98.